The van der Waals surface area contributed by atoms with E-state index in [0.717, 1.165) is 0 Å². The van der Waals surface area contributed by atoms with E-state index in [9.17, 15) is 14.0 Å². The summed E-state index contributed by atoms with van der Waals surface area (Å²) in [6.45, 7) is 2.86. The predicted molar refractivity (Wildman–Crippen MR) is 112 cm³/mol. The smallest absolute Gasteiger partial charge is 0.254 e. The Bertz CT molecular complexity index is 1010. The lowest BCUT2D eigenvalue weighted by atomic mass is 10.2. The average Bonchev–Trinajstić information content (AvgIpc) is 3.15. The number of nitrogens with zero attached hydrogens (tertiary/aromatic N) is 4. The molecule has 0 bridgehead atoms. The predicted octanol–water partition coefficient (Wildman–Crippen LogP) is 2.54. The molecule has 2 amide bonds. The van der Waals surface area contributed by atoms with Gasteiger partial charge in [0, 0.05) is 25.7 Å². The van der Waals surface area contributed by atoms with Crippen molar-refractivity contribution in [1.29, 1.82) is 0 Å². The summed E-state index contributed by atoms with van der Waals surface area (Å²) in [4.78, 5) is 28.2. The Balaban J connectivity index is 1.52. The molecule has 2 aromatic heterocycles. The number of anilines is 1. The maximum Gasteiger partial charge on any atom is 0.254 e. The molecular formula is C20H21FN6O2S. The van der Waals surface area contributed by atoms with Gasteiger partial charge in [0.1, 0.15) is 11.6 Å². The molecular weight excluding hydrogens is 407 g/mol. The number of halogens is 1. The highest BCUT2D eigenvalue weighted by atomic mass is 32.2. The van der Waals surface area contributed by atoms with E-state index in [2.05, 4.69) is 25.8 Å². The lowest BCUT2D eigenvalue weighted by Gasteiger charge is -2.09. The molecule has 1 aromatic carbocycles. The Hall–Kier alpha value is -3.27. The minimum absolute atomic E-state index is 0.00494. The first-order valence-corrected chi connectivity index (χ1v) is 10.3. The van der Waals surface area contributed by atoms with Gasteiger partial charge in [0.2, 0.25) is 5.91 Å². The standard InChI is InChI=1S/C20H21FN6O2S/c1-2-27-17(9-11-23-19(29)15-7-3-4-8-16(15)21)25-26-20(27)30-13-18(28)24-14-6-5-10-22-12-14/h3-8,10,12H,2,9,11,13H2,1H3,(H,23,29)(H,24,28). The largest absolute Gasteiger partial charge is 0.351 e. The van der Waals surface area contributed by atoms with Gasteiger partial charge in [0.15, 0.2) is 5.16 Å². The average molecular weight is 428 g/mol. The van der Waals surface area contributed by atoms with Crippen LogP contribution in [0.2, 0.25) is 0 Å². The summed E-state index contributed by atoms with van der Waals surface area (Å²) >= 11 is 1.28. The van der Waals surface area contributed by atoms with Crippen molar-refractivity contribution in [3.05, 3.63) is 66.0 Å². The summed E-state index contributed by atoms with van der Waals surface area (Å²) < 4.78 is 15.6. The Morgan fingerprint density at radius 3 is 2.73 bits per heavy atom. The maximum atomic E-state index is 13.7. The van der Waals surface area contributed by atoms with Gasteiger partial charge in [-0.25, -0.2) is 4.39 Å². The molecule has 0 aliphatic carbocycles. The molecule has 0 fully saturated rings. The fraction of sp³-hybridized carbons (Fsp3) is 0.250. The second kappa shape index (κ2) is 10.5. The molecule has 0 saturated carbocycles. The lowest BCUT2D eigenvalue weighted by Crippen LogP contribution is -2.27. The molecule has 8 nitrogen and oxygen atoms in total. The Morgan fingerprint density at radius 1 is 1.17 bits per heavy atom. The van der Waals surface area contributed by atoms with Crippen LogP contribution in [0.5, 0.6) is 0 Å². The van der Waals surface area contributed by atoms with E-state index in [0.29, 0.717) is 29.6 Å². The summed E-state index contributed by atoms with van der Waals surface area (Å²) in [6, 6.07) is 9.33. The van der Waals surface area contributed by atoms with Crippen molar-refractivity contribution in [1.82, 2.24) is 25.1 Å². The van der Waals surface area contributed by atoms with E-state index in [4.69, 9.17) is 0 Å². The van der Waals surface area contributed by atoms with Crippen LogP contribution in [0.4, 0.5) is 10.1 Å². The molecule has 10 heteroatoms. The Labute approximate surface area is 177 Å². The maximum absolute atomic E-state index is 13.7. The van der Waals surface area contributed by atoms with Crippen LogP contribution in [0, 0.1) is 5.82 Å². The van der Waals surface area contributed by atoms with Crippen molar-refractivity contribution < 1.29 is 14.0 Å². The summed E-state index contributed by atoms with van der Waals surface area (Å²) in [5, 5.41) is 14.4. The zero-order chi connectivity index (χ0) is 21.3. The number of pyridine rings is 1. The van der Waals surface area contributed by atoms with Crippen LogP contribution in [0.25, 0.3) is 0 Å². The number of rotatable bonds is 9. The van der Waals surface area contributed by atoms with Crippen LogP contribution >= 0.6 is 11.8 Å². The minimum Gasteiger partial charge on any atom is -0.351 e. The highest BCUT2D eigenvalue weighted by molar-refractivity contribution is 7.99. The van der Waals surface area contributed by atoms with E-state index < -0.39 is 11.7 Å². The van der Waals surface area contributed by atoms with Gasteiger partial charge in [-0.15, -0.1) is 10.2 Å². The molecule has 2 N–H and O–H groups in total. The van der Waals surface area contributed by atoms with Crippen LogP contribution in [0.1, 0.15) is 23.1 Å². The van der Waals surface area contributed by atoms with Crippen molar-refractivity contribution in [2.24, 2.45) is 0 Å². The van der Waals surface area contributed by atoms with Crippen molar-refractivity contribution >= 4 is 29.3 Å². The number of aromatic nitrogens is 4. The van der Waals surface area contributed by atoms with Crippen LogP contribution in [0.15, 0.2) is 53.9 Å². The second-order valence-corrected chi connectivity index (χ2v) is 7.15. The Morgan fingerprint density at radius 2 is 2.00 bits per heavy atom. The zero-order valence-electron chi connectivity index (χ0n) is 16.3. The van der Waals surface area contributed by atoms with E-state index in [1.165, 1.54) is 30.0 Å². The Kier molecular flexibility index (Phi) is 7.50. The molecule has 0 unspecified atom stereocenters. The van der Waals surface area contributed by atoms with Gasteiger partial charge in [-0.2, -0.15) is 0 Å². The normalized spacial score (nSPS) is 10.6. The molecule has 3 aromatic rings. The molecule has 0 aliphatic heterocycles. The van der Waals surface area contributed by atoms with Crippen molar-refractivity contribution in [3.63, 3.8) is 0 Å². The summed E-state index contributed by atoms with van der Waals surface area (Å²) in [7, 11) is 0. The summed E-state index contributed by atoms with van der Waals surface area (Å²) in [5.41, 5.74) is 0.636. The number of carbonyl (C=O) groups excluding carboxylic acids is 2. The molecule has 0 spiro atoms. The van der Waals surface area contributed by atoms with Crippen LogP contribution in [0.3, 0.4) is 0 Å². The fourth-order valence-corrected chi connectivity index (χ4v) is 3.54. The van der Waals surface area contributed by atoms with Gasteiger partial charge in [-0.05, 0) is 31.2 Å². The summed E-state index contributed by atoms with van der Waals surface area (Å²) in [5.74, 6) is -0.344. The lowest BCUT2D eigenvalue weighted by molar-refractivity contribution is -0.113. The van der Waals surface area contributed by atoms with E-state index >= 15 is 0 Å². The van der Waals surface area contributed by atoms with Gasteiger partial charge < -0.3 is 15.2 Å². The number of nitrogens with one attached hydrogen (secondary N) is 2. The molecule has 0 atom stereocenters. The third kappa shape index (κ3) is 5.63. The number of carbonyl (C=O) groups is 2. The van der Waals surface area contributed by atoms with E-state index in [1.54, 1.807) is 30.6 Å². The van der Waals surface area contributed by atoms with Crippen molar-refractivity contribution in [3.8, 4) is 0 Å². The van der Waals surface area contributed by atoms with Gasteiger partial charge in [0.05, 0.1) is 23.2 Å². The number of thioether (sulfide) groups is 1. The molecule has 30 heavy (non-hydrogen) atoms. The molecule has 2 heterocycles. The van der Waals surface area contributed by atoms with Crippen LogP contribution in [-0.2, 0) is 17.8 Å². The highest BCUT2D eigenvalue weighted by Gasteiger charge is 2.15. The zero-order valence-corrected chi connectivity index (χ0v) is 17.2. The number of benzene rings is 1. The van der Waals surface area contributed by atoms with Crippen molar-refractivity contribution in [2.75, 3.05) is 17.6 Å². The monoisotopic (exact) mass is 428 g/mol. The van der Waals surface area contributed by atoms with Crippen molar-refractivity contribution in [2.45, 2.75) is 25.0 Å². The minimum atomic E-state index is -0.560. The number of hydrogen-bond donors (Lipinski definition) is 2. The first-order valence-electron chi connectivity index (χ1n) is 9.36. The molecule has 0 saturated heterocycles. The molecule has 0 aliphatic rings. The fourth-order valence-electron chi connectivity index (χ4n) is 2.72. The molecule has 0 radical (unpaired) electrons. The first-order chi connectivity index (χ1) is 14.6. The van der Waals surface area contributed by atoms with Gasteiger partial charge in [-0.1, -0.05) is 23.9 Å². The van der Waals surface area contributed by atoms with Gasteiger partial charge in [-0.3, -0.25) is 14.6 Å². The van der Waals surface area contributed by atoms with E-state index in [1.807, 2.05) is 11.5 Å². The summed E-state index contributed by atoms with van der Waals surface area (Å²) in [6.07, 6.45) is 3.64. The topological polar surface area (TPSA) is 102 Å². The third-order valence-electron chi connectivity index (χ3n) is 4.14. The molecule has 3 rings (SSSR count). The second-order valence-electron chi connectivity index (χ2n) is 6.21. The third-order valence-corrected chi connectivity index (χ3v) is 5.11. The first kappa shape index (κ1) is 21.4. The van der Waals surface area contributed by atoms with E-state index in [-0.39, 0.29) is 23.8 Å². The highest BCUT2D eigenvalue weighted by Crippen LogP contribution is 2.18. The van der Waals surface area contributed by atoms with Crippen LogP contribution in [-0.4, -0.2) is 43.9 Å². The SMILES string of the molecule is CCn1c(CCNC(=O)c2ccccc2F)nnc1SCC(=O)Nc1cccnc1. The van der Waals surface area contributed by atoms with Crippen LogP contribution < -0.4 is 10.6 Å². The molecule has 156 valence electrons. The number of amides is 2. The number of hydrogen-bond acceptors (Lipinski definition) is 6. The van der Waals surface area contributed by atoms with Gasteiger partial charge in [0.25, 0.3) is 5.91 Å². The quantitative estimate of drug-likeness (QED) is 0.508. The van der Waals surface area contributed by atoms with Gasteiger partial charge >= 0.3 is 0 Å².